The van der Waals surface area contributed by atoms with Crippen molar-refractivity contribution in [1.29, 1.82) is 0 Å². The van der Waals surface area contributed by atoms with Gasteiger partial charge in [0.2, 0.25) is 0 Å². The van der Waals surface area contributed by atoms with Crippen molar-refractivity contribution in [1.82, 2.24) is 10.3 Å². The number of carbonyl (C=O) groups is 2. The van der Waals surface area contributed by atoms with Crippen molar-refractivity contribution >= 4 is 11.9 Å². The Balaban J connectivity index is 2.43. The second-order valence-corrected chi connectivity index (χ2v) is 3.52. The summed E-state index contributed by atoms with van der Waals surface area (Å²) in [7, 11) is 0. The Morgan fingerprint density at radius 2 is 2.25 bits per heavy atom. The Hall–Kier alpha value is -1.91. The Morgan fingerprint density at radius 1 is 1.50 bits per heavy atom. The van der Waals surface area contributed by atoms with E-state index in [2.05, 4.69) is 10.3 Å². The summed E-state index contributed by atoms with van der Waals surface area (Å²) in [6.07, 6.45) is 1.99. The van der Waals surface area contributed by atoms with Gasteiger partial charge in [-0.2, -0.15) is 0 Å². The largest absolute Gasteiger partial charge is 0.481 e. The maximum Gasteiger partial charge on any atom is 0.303 e. The molecule has 86 valence electrons. The van der Waals surface area contributed by atoms with Gasteiger partial charge in [0.1, 0.15) is 5.69 Å². The van der Waals surface area contributed by atoms with Gasteiger partial charge in [-0.25, -0.2) is 0 Å². The number of hydrogen-bond donors (Lipinski definition) is 2. The first-order chi connectivity index (χ1) is 7.59. The van der Waals surface area contributed by atoms with E-state index in [0.717, 1.165) is 0 Å². The maximum atomic E-state index is 11.6. The summed E-state index contributed by atoms with van der Waals surface area (Å²) in [6, 6.07) is 4.89. The minimum absolute atomic E-state index is 0.0453. The summed E-state index contributed by atoms with van der Waals surface area (Å²) in [4.78, 5) is 25.8. The second kappa shape index (κ2) is 5.85. The van der Waals surface area contributed by atoms with Gasteiger partial charge in [0, 0.05) is 18.7 Å². The quantitative estimate of drug-likeness (QED) is 0.780. The molecule has 0 aliphatic rings. The number of nitrogens with zero attached hydrogens (tertiary/aromatic N) is 1. The van der Waals surface area contributed by atoms with Crippen molar-refractivity contribution in [2.24, 2.45) is 0 Å². The molecule has 1 atom stereocenters. The first-order valence-corrected chi connectivity index (χ1v) is 5.03. The fraction of sp³-hybridized carbons (Fsp3) is 0.364. The van der Waals surface area contributed by atoms with Gasteiger partial charge in [0.15, 0.2) is 0 Å². The number of aliphatic carboxylic acids is 1. The molecule has 1 heterocycles. The van der Waals surface area contributed by atoms with E-state index in [9.17, 15) is 9.59 Å². The summed E-state index contributed by atoms with van der Waals surface area (Å²) in [5.41, 5.74) is 0.338. The van der Waals surface area contributed by atoms with Crippen LogP contribution in [-0.2, 0) is 4.79 Å². The van der Waals surface area contributed by atoms with Crippen LogP contribution in [0.25, 0.3) is 0 Å². The van der Waals surface area contributed by atoms with E-state index >= 15 is 0 Å². The Labute approximate surface area is 93.5 Å². The van der Waals surface area contributed by atoms with Crippen LogP contribution in [0.15, 0.2) is 24.4 Å². The Morgan fingerprint density at radius 3 is 2.81 bits per heavy atom. The Bertz CT molecular complexity index is 365. The summed E-state index contributed by atoms with van der Waals surface area (Å²) in [5.74, 6) is -1.14. The number of rotatable bonds is 5. The summed E-state index contributed by atoms with van der Waals surface area (Å²) in [5, 5.41) is 11.2. The average Bonchev–Trinajstić information content (AvgIpc) is 2.27. The van der Waals surface area contributed by atoms with Crippen molar-refractivity contribution in [3.8, 4) is 0 Å². The predicted octanol–water partition coefficient (Wildman–Crippen LogP) is 1.06. The molecule has 1 rings (SSSR count). The van der Waals surface area contributed by atoms with Crippen molar-refractivity contribution in [3.63, 3.8) is 0 Å². The summed E-state index contributed by atoms with van der Waals surface area (Å²) >= 11 is 0. The molecule has 0 radical (unpaired) electrons. The topological polar surface area (TPSA) is 79.3 Å². The van der Waals surface area contributed by atoms with Crippen LogP contribution in [0.5, 0.6) is 0 Å². The van der Waals surface area contributed by atoms with Gasteiger partial charge in [-0.1, -0.05) is 6.07 Å². The lowest BCUT2D eigenvalue weighted by Gasteiger charge is -2.11. The molecule has 16 heavy (non-hydrogen) atoms. The number of aromatic nitrogens is 1. The molecule has 0 spiro atoms. The number of carboxylic acids is 1. The zero-order valence-electron chi connectivity index (χ0n) is 9.01. The molecule has 2 N–H and O–H groups in total. The van der Waals surface area contributed by atoms with Gasteiger partial charge >= 0.3 is 5.97 Å². The van der Waals surface area contributed by atoms with Crippen LogP contribution in [0.4, 0.5) is 0 Å². The lowest BCUT2D eigenvalue weighted by atomic mass is 10.2. The van der Waals surface area contributed by atoms with Crippen LogP contribution in [-0.4, -0.2) is 28.0 Å². The number of pyridine rings is 1. The fourth-order valence-corrected chi connectivity index (χ4v) is 1.21. The molecule has 0 aromatic carbocycles. The zero-order chi connectivity index (χ0) is 12.0. The number of amides is 1. The standard InChI is InChI=1S/C11H14N2O3/c1-8(5-6-10(14)15)13-11(16)9-4-2-3-7-12-9/h2-4,7-8H,5-6H2,1H3,(H,13,16)(H,14,15)/t8-/m0/s1. The molecule has 0 aliphatic carbocycles. The molecule has 5 heteroatoms. The molecule has 0 saturated carbocycles. The van der Waals surface area contributed by atoms with Crippen LogP contribution < -0.4 is 5.32 Å². The van der Waals surface area contributed by atoms with Crippen LogP contribution in [0.1, 0.15) is 30.3 Å². The van der Waals surface area contributed by atoms with E-state index in [0.29, 0.717) is 12.1 Å². The van der Waals surface area contributed by atoms with E-state index in [4.69, 9.17) is 5.11 Å². The van der Waals surface area contributed by atoms with Crippen molar-refractivity contribution in [3.05, 3.63) is 30.1 Å². The van der Waals surface area contributed by atoms with E-state index in [-0.39, 0.29) is 18.4 Å². The van der Waals surface area contributed by atoms with Gasteiger partial charge in [0.25, 0.3) is 5.91 Å². The lowest BCUT2D eigenvalue weighted by Crippen LogP contribution is -2.33. The first-order valence-electron chi connectivity index (χ1n) is 5.03. The van der Waals surface area contributed by atoms with E-state index < -0.39 is 5.97 Å². The second-order valence-electron chi connectivity index (χ2n) is 3.52. The van der Waals surface area contributed by atoms with Gasteiger partial charge in [-0.3, -0.25) is 14.6 Å². The van der Waals surface area contributed by atoms with Gasteiger partial charge < -0.3 is 10.4 Å². The molecule has 1 aromatic heterocycles. The van der Waals surface area contributed by atoms with Crippen molar-refractivity contribution in [2.45, 2.75) is 25.8 Å². The van der Waals surface area contributed by atoms with E-state index in [1.165, 1.54) is 6.20 Å². The number of carboxylic acid groups (broad SMARTS) is 1. The van der Waals surface area contributed by atoms with Crippen molar-refractivity contribution < 1.29 is 14.7 Å². The fourth-order valence-electron chi connectivity index (χ4n) is 1.21. The van der Waals surface area contributed by atoms with Crippen LogP contribution in [0.2, 0.25) is 0 Å². The van der Waals surface area contributed by atoms with E-state index in [1.54, 1.807) is 25.1 Å². The average molecular weight is 222 g/mol. The highest BCUT2D eigenvalue weighted by Crippen LogP contribution is 1.99. The number of nitrogens with one attached hydrogen (secondary N) is 1. The molecule has 0 aliphatic heterocycles. The van der Waals surface area contributed by atoms with Gasteiger partial charge in [-0.05, 0) is 25.5 Å². The van der Waals surface area contributed by atoms with Crippen LogP contribution in [0, 0.1) is 0 Å². The van der Waals surface area contributed by atoms with Gasteiger partial charge in [0.05, 0.1) is 0 Å². The molecule has 1 amide bonds. The third-order valence-electron chi connectivity index (χ3n) is 2.07. The molecular formula is C11H14N2O3. The molecule has 0 saturated heterocycles. The highest BCUT2D eigenvalue weighted by molar-refractivity contribution is 5.92. The molecule has 1 aromatic rings. The lowest BCUT2D eigenvalue weighted by molar-refractivity contribution is -0.137. The molecular weight excluding hydrogens is 208 g/mol. The van der Waals surface area contributed by atoms with Crippen molar-refractivity contribution in [2.75, 3.05) is 0 Å². The number of hydrogen-bond acceptors (Lipinski definition) is 3. The SMILES string of the molecule is C[C@@H](CCC(=O)O)NC(=O)c1ccccn1. The molecule has 5 nitrogen and oxygen atoms in total. The van der Waals surface area contributed by atoms with Crippen LogP contribution in [0.3, 0.4) is 0 Å². The monoisotopic (exact) mass is 222 g/mol. The summed E-state index contributed by atoms with van der Waals surface area (Å²) in [6.45, 7) is 1.77. The zero-order valence-corrected chi connectivity index (χ0v) is 9.01. The third kappa shape index (κ3) is 4.08. The summed E-state index contributed by atoms with van der Waals surface area (Å²) < 4.78 is 0. The number of carbonyl (C=O) groups excluding carboxylic acids is 1. The Kier molecular flexibility index (Phi) is 4.44. The van der Waals surface area contributed by atoms with Gasteiger partial charge in [-0.15, -0.1) is 0 Å². The minimum Gasteiger partial charge on any atom is -0.481 e. The van der Waals surface area contributed by atoms with E-state index in [1.807, 2.05) is 0 Å². The third-order valence-corrected chi connectivity index (χ3v) is 2.07. The normalized spacial score (nSPS) is 11.8. The van der Waals surface area contributed by atoms with Crippen LogP contribution >= 0.6 is 0 Å². The molecule has 0 bridgehead atoms. The smallest absolute Gasteiger partial charge is 0.303 e. The highest BCUT2D eigenvalue weighted by atomic mass is 16.4. The first kappa shape index (κ1) is 12.2. The predicted molar refractivity (Wildman–Crippen MR) is 58.0 cm³/mol. The minimum atomic E-state index is -0.862. The molecule has 0 unspecified atom stereocenters. The molecule has 0 fully saturated rings. The maximum absolute atomic E-state index is 11.6. The highest BCUT2D eigenvalue weighted by Gasteiger charge is 2.11.